The number of piperidine rings is 2. The SMILES string of the molecule is C.CCOC(=O)CN1CCN(C2CCN(C(=O)[C@H](C)Cc3cc(C)c4[nH]c(=O)oc4c3)CC2)CC1.COC(=O)N1CCC(N2CCc3ccccc3NC2=O)CC1. The first-order valence-corrected chi connectivity index (χ1v) is 20.0. The summed E-state index contributed by atoms with van der Waals surface area (Å²) in [6.45, 7) is 13.7. The molecule has 57 heavy (non-hydrogen) atoms. The average molecular weight is 792 g/mol. The number of rotatable bonds is 8. The molecule has 0 bridgehead atoms. The lowest BCUT2D eigenvalue weighted by Gasteiger charge is -2.43. The number of methoxy groups -OCH3 is 1. The zero-order valence-corrected chi connectivity index (χ0v) is 33.2. The number of aryl methyl sites for hydroxylation is 1. The van der Waals surface area contributed by atoms with Gasteiger partial charge in [-0.2, -0.15) is 0 Å². The molecule has 0 saturated carbocycles. The maximum Gasteiger partial charge on any atom is 0.417 e. The van der Waals surface area contributed by atoms with Gasteiger partial charge in [-0.25, -0.2) is 14.4 Å². The van der Waals surface area contributed by atoms with Crippen LogP contribution in [0.4, 0.5) is 15.3 Å². The maximum atomic E-state index is 13.1. The number of H-pyrrole nitrogens is 1. The Balaban J connectivity index is 0.000000233. The van der Waals surface area contributed by atoms with Gasteiger partial charge in [0.05, 0.1) is 25.8 Å². The van der Waals surface area contributed by atoms with Gasteiger partial charge >= 0.3 is 23.8 Å². The second-order valence-corrected chi connectivity index (χ2v) is 15.3. The molecule has 15 nitrogen and oxygen atoms in total. The zero-order valence-electron chi connectivity index (χ0n) is 33.2. The molecule has 3 fully saturated rings. The number of amides is 4. The van der Waals surface area contributed by atoms with Crippen LogP contribution in [0.2, 0.25) is 0 Å². The molecule has 4 amide bonds. The Morgan fingerprint density at radius 1 is 0.895 bits per heavy atom. The van der Waals surface area contributed by atoms with Crippen LogP contribution in [0.25, 0.3) is 11.1 Å². The summed E-state index contributed by atoms with van der Waals surface area (Å²) in [5.41, 5.74) is 5.29. The molecular weight excluding hydrogens is 731 g/mol. The standard InChI is InChI=1S/C25H36N4O5.C16H21N3O3.CH4/c1-4-33-22(30)16-27-9-11-28(12-10-27)20-5-7-29(8-6-20)24(31)18(3)14-19-13-17(2)23-21(15-19)34-25(32)26-23;1-22-16(21)18-9-7-13(8-10-18)19-11-6-12-4-2-3-5-14(12)17-15(19)20;/h13,15,18,20H,4-12,14,16H2,1-3H3,(H,26,32);2-5,13H,6-11H2,1H3,(H,17,20);1H4/t18-;;/m1../s1. The number of hydrogen-bond donors (Lipinski definition) is 2. The van der Waals surface area contributed by atoms with E-state index in [9.17, 15) is 24.0 Å². The number of piperazine rings is 1. The number of anilines is 1. The Morgan fingerprint density at radius 3 is 2.25 bits per heavy atom. The summed E-state index contributed by atoms with van der Waals surface area (Å²) in [6, 6.07) is 12.4. The monoisotopic (exact) mass is 791 g/mol. The van der Waals surface area contributed by atoms with Crippen LogP contribution in [0, 0.1) is 12.8 Å². The van der Waals surface area contributed by atoms with Gasteiger partial charge in [0.15, 0.2) is 5.58 Å². The number of benzene rings is 2. The lowest BCUT2D eigenvalue weighted by atomic mass is 9.96. The number of hydrogen-bond acceptors (Lipinski definition) is 10. The highest BCUT2D eigenvalue weighted by molar-refractivity contribution is 5.91. The van der Waals surface area contributed by atoms with Crippen molar-refractivity contribution in [2.45, 2.75) is 78.8 Å². The van der Waals surface area contributed by atoms with Crippen molar-refractivity contribution in [1.29, 1.82) is 0 Å². The van der Waals surface area contributed by atoms with Crippen molar-refractivity contribution in [3.63, 3.8) is 0 Å². The Bertz CT molecular complexity index is 1890. The Morgan fingerprint density at radius 2 is 1.56 bits per heavy atom. The molecule has 5 heterocycles. The molecule has 1 atom stereocenters. The molecule has 15 heteroatoms. The molecule has 3 saturated heterocycles. The van der Waals surface area contributed by atoms with Crippen LogP contribution in [-0.4, -0.2) is 145 Å². The molecule has 1 aromatic heterocycles. The predicted molar refractivity (Wildman–Crippen MR) is 218 cm³/mol. The summed E-state index contributed by atoms with van der Waals surface area (Å²) in [6.07, 6.45) is 4.73. The minimum absolute atomic E-state index is 0. The van der Waals surface area contributed by atoms with Crippen molar-refractivity contribution in [3.05, 3.63) is 63.6 Å². The number of esters is 1. The third-order valence-electron chi connectivity index (χ3n) is 11.6. The molecule has 3 aromatic rings. The van der Waals surface area contributed by atoms with Crippen molar-refractivity contribution in [2.24, 2.45) is 5.92 Å². The first kappa shape index (κ1) is 43.2. The summed E-state index contributed by atoms with van der Waals surface area (Å²) >= 11 is 0. The van der Waals surface area contributed by atoms with Gasteiger partial charge in [0.25, 0.3) is 0 Å². The number of carbonyl (C=O) groups is 4. The average Bonchev–Trinajstić information content (AvgIpc) is 3.50. The highest BCUT2D eigenvalue weighted by Crippen LogP contribution is 2.26. The summed E-state index contributed by atoms with van der Waals surface area (Å²) in [7, 11) is 1.40. The number of para-hydroxylation sites is 1. The minimum atomic E-state index is -0.456. The fourth-order valence-corrected chi connectivity index (χ4v) is 8.52. The topological polar surface area (TPSA) is 161 Å². The van der Waals surface area contributed by atoms with Crippen LogP contribution in [0.3, 0.4) is 0 Å². The van der Waals surface area contributed by atoms with Crippen LogP contribution in [0.1, 0.15) is 63.6 Å². The minimum Gasteiger partial charge on any atom is -0.465 e. The van der Waals surface area contributed by atoms with Crippen molar-refractivity contribution in [3.8, 4) is 0 Å². The van der Waals surface area contributed by atoms with E-state index >= 15 is 0 Å². The highest BCUT2D eigenvalue weighted by atomic mass is 16.5. The van der Waals surface area contributed by atoms with E-state index in [0.717, 1.165) is 93.7 Å². The summed E-state index contributed by atoms with van der Waals surface area (Å²) < 4.78 is 15.0. The van der Waals surface area contributed by atoms with Crippen molar-refractivity contribution in [1.82, 2.24) is 29.5 Å². The summed E-state index contributed by atoms with van der Waals surface area (Å²) in [5.74, 6) is -0.552. The molecule has 7 rings (SSSR count). The predicted octanol–water partition coefficient (Wildman–Crippen LogP) is 4.72. The van der Waals surface area contributed by atoms with E-state index in [1.807, 2.05) is 60.9 Å². The van der Waals surface area contributed by atoms with Crippen molar-refractivity contribution in [2.75, 3.05) is 84.5 Å². The number of likely N-dealkylation sites (tertiary alicyclic amines) is 2. The van der Waals surface area contributed by atoms with E-state index in [2.05, 4.69) is 26.2 Å². The number of aromatic nitrogens is 1. The maximum absolute atomic E-state index is 13.1. The molecule has 0 spiro atoms. The van der Waals surface area contributed by atoms with Gasteiger partial charge in [-0.3, -0.25) is 24.4 Å². The number of nitrogens with one attached hydrogen (secondary N) is 2. The number of fused-ring (bicyclic) bond motifs is 2. The van der Waals surface area contributed by atoms with Gasteiger partial charge < -0.3 is 33.9 Å². The molecule has 4 aliphatic heterocycles. The van der Waals surface area contributed by atoms with Gasteiger partial charge in [0, 0.05) is 82.6 Å². The van der Waals surface area contributed by atoms with E-state index in [0.29, 0.717) is 50.8 Å². The van der Waals surface area contributed by atoms with Gasteiger partial charge in [-0.15, -0.1) is 0 Å². The largest absolute Gasteiger partial charge is 0.465 e. The number of oxazole rings is 1. The normalized spacial score (nSPS) is 19.0. The molecule has 312 valence electrons. The zero-order chi connectivity index (χ0) is 39.8. The van der Waals surface area contributed by atoms with E-state index in [1.165, 1.54) is 12.7 Å². The van der Waals surface area contributed by atoms with Crippen LogP contribution >= 0.6 is 0 Å². The van der Waals surface area contributed by atoms with Crippen LogP contribution in [0.15, 0.2) is 45.6 Å². The van der Waals surface area contributed by atoms with E-state index in [4.69, 9.17) is 13.9 Å². The number of aromatic amines is 1. The second-order valence-electron chi connectivity index (χ2n) is 15.3. The lowest BCUT2D eigenvalue weighted by molar-refractivity contribution is -0.145. The summed E-state index contributed by atoms with van der Waals surface area (Å²) in [4.78, 5) is 73.3. The lowest BCUT2D eigenvalue weighted by Crippen LogP contribution is -2.54. The van der Waals surface area contributed by atoms with Crippen molar-refractivity contribution < 1.29 is 33.1 Å². The van der Waals surface area contributed by atoms with Gasteiger partial charge in [0.1, 0.15) is 0 Å². The first-order chi connectivity index (χ1) is 27.0. The highest BCUT2D eigenvalue weighted by Gasteiger charge is 2.33. The first-order valence-electron chi connectivity index (χ1n) is 20.0. The molecule has 2 N–H and O–H groups in total. The molecular formula is C42H61N7O8. The fourth-order valence-electron chi connectivity index (χ4n) is 8.52. The van der Waals surface area contributed by atoms with E-state index in [-0.39, 0.29) is 43.4 Å². The number of carbonyl (C=O) groups excluding carboxylic acids is 4. The van der Waals surface area contributed by atoms with Crippen molar-refractivity contribution >= 4 is 40.8 Å². The van der Waals surface area contributed by atoms with Crippen LogP contribution in [-0.2, 0) is 31.9 Å². The number of ether oxygens (including phenoxy) is 2. The van der Waals surface area contributed by atoms with Crippen LogP contribution in [0.5, 0.6) is 0 Å². The molecule has 0 unspecified atom stereocenters. The molecule has 0 radical (unpaired) electrons. The third kappa shape index (κ3) is 10.9. The third-order valence-corrected chi connectivity index (χ3v) is 11.6. The molecule has 2 aromatic carbocycles. The Kier molecular flexibility index (Phi) is 15.2. The molecule has 0 aliphatic carbocycles. The van der Waals surface area contributed by atoms with Gasteiger partial charge in [0.2, 0.25) is 5.91 Å². The summed E-state index contributed by atoms with van der Waals surface area (Å²) in [5, 5.41) is 3.00. The van der Waals surface area contributed by atoms with E-state index < -0.39 is 5.76 Å². The smallest absolute Gasteiger partial charge is 0.417 e. The Labute approximate surface area is 335 Å². The van der Waals surface area contributed by atoms with Crippen LogP contribution < -0.4 is 11.1 Å². The quantitative estimate of drug-likeness (QED) is 0.306. The Hall–Kier alpha value is -4.89. The van der Waals surface area contributed by atoms with Gasteiger partial charge in [-0.1, -0.05) is 38.6 Å². The molecule has 4 aliphatic rings. The fraction of sp³-hybridized carbons (Fsp3) is 0.595. The van der Waals surface area contributed by atoms with E-state index in [1.54, 1.807) is 4.90 Å². The van der Waals surface area contributed by atoms with Gasteiger partial charge in [-0.05, 0) is 81.2 Å². The number of nitrogens with zero attached hydrogens (tertiary/aromatic N) is 5. The number of urea groups is 1. The second kappa shape index (κ2) is 20.0.